The molecule has 0 spiro atoms. The Morgan fingerprint density at radius 1 is 2.00 bits per heavy atom. The van der Waals surface area contributed by atoms with Gasteiger partial charge in [0.15, 0.2) is 0 Å². The van der Waals surface area contributed by atoms with E-state index in [4.69, 9.17) is 5.73 Å². The fourth-order valence-corrected chi connectivity index (χ4v) is 0. The average Bonchev–Trinajstić information content (AvgIpc) is 1.38. The summed E-state index contributed by atoms with van der Waals surface area (Å²) in [6.07, 6.45) is 1.61. The summed E-state index contributed by atoms with van der Waals surface area (Å²) < 4.78 is 0. The quantitative estimate of drug-likeness (QED) is 0.340. The van der Waals surface area contributed by atoms with Gasteiger partial charge in [-0.3, -0.25) is 0 Å². The van der Waals surface area contributed by atoms with Gasteiger partial charge in [-0.15, -0.1) is 6.58 Å². The first-order chi connectivity index (χ1) is 2.27. The van der Waals surface area contributed by atoms with Crippen molar-refractivity contribution >= 4 is 10.2 Å². The second-order valence-electron chi connectivity index (χ2n) is 0.761. The van der Waals surface area contributed by atoms with Gasteiger partial charge in [-0.25, -0.2) is 0 Å². The molecule has 1 atom stereocenters. The van der Waals surface area contributed by atoms with E-state index in [1.54, 1.807) is 6.08 Å². The van der Waals surface area contributed by atoms with E-state index in [1.807, 2.05) is 0 Å². The van der Waals surface area contributed by atoms with Crippen molar-refractivity contribution < 1.29 is 0 Å². The molecule has 0 aromatic heterocycles. The lowest BCUT2D eigenvalue weighted by molar-refractivity contribution is 1.15. The maximum absolute atomic E-state index is 5.09. The minimum Gasteiger partial charge on any atom is -0.328 e. The van der Waals surface area contributed by atoms with E-state index in [-0.39, 0.29) is 5.67 Å². The van der Waals surface area contributed by atoms with Crippen LogP contribution in [-0.4, -0.2) is 15.9 Å². The fourth-order valence-electron chi connectivity index (χ4n) is 0. The van der Waals surface area contributed by atoms with E-state index in [9.17, 15) is 0 Å². The average molecular weight is 84.2 g/mol. The minimum atomic E-state index is -0.0463. The minimum absolute atomic E-state index is 0.0463. The molecule has 0 aliphatic rings. The molecule has 0 aromatic carbocycles. The third-order valence-corrected chi connectivity index (χ3v) is 0.490. The summed E-state index contributed by atoms with van der Waals surface area (Å²) >= 11 is 0. The zero-order chi connectivity index (χ0) is 4.28. The highest BCUT2D eigenvalue weighted by atomic mass is 28.1. The van der Waals surface area contributed by atoms with Gasteiger partial charge in [0, 0.05) is 5.67 Å². The molecule has 0 aliphatic carbocycles. The highest BCUT2D eigenvalue weighted by molar-refractivity contribution is 6.12. The standard InChI is InChI=1S/C3H6NSi/c1-2-3(4)5/h2-3H,1,4H2. The smallest absolute Gasteiger partial charge is 0.0531 e. The van der Waals surface area contributed by atoms with E-state index in [0.717, 1.165) is 0 Å². The van der Waals surface area contributed by atoms with Crippen LogP contribution in [0.2, 0.25) is 0 Å². The lowest BCUT2D eigenvalue weighted by Crippen LogP contribution is -2.14. The van der Waals surface area contributed by atoms with E-state index in [0.29, 0.717) is 0 Å². The first-order valence-corrected chi connectivity index (χ1v) is 1.94. The molecule has 0 aliphatic heterocycles. The number of hydrogen-bond acceptors (Lipinski definition) is 1. The van der Waals surface area contributed by atoms with Crippen LogP contribution >= 0.6 is 0 Å². The number of hydrogen-bond donors (Lipinski definition) is 1. The lowest BCUT2D eigenvalue weighted by Gasteiger charge is -1.85. The SMILES string of the molecule is C=CC(N)[Si]. The second kappa shape index (κ2) is 2.17. The van der Waals surface area contributed by atoms with Crippen molar-refractivity contribution in [2.24, 2.45) is 5.73 Å². The van der Waals surface area contributed by atoms with Crippen LogP contribution in [0.1, 0.15) is 0 Å². The summed E-state index contributed by atoms with van der Waals surface area (Å²) in [5.41, 5.74) is 5.04. The first kappa shape index (κ1) is 4.92. The third-order valence-electron chi connectivity index (χ3n) is 0.254. The Bertz CT molecular complexity index is 33.9. The van der Waals surface area contributed by atoms with Crippen LogP contribution in [0.3, 0.4) is 0 Å². The van der Waals surface area contributed by atoms with Gasteiger partial charge in [0.2, 0.25) is 0 Å². The van der Waals surface area contributed by atoms with Crippen LogP contribution in [-0.2, 0) is 0 Å². The Labute approximate surface area is 35.3 Å². The van der Waals surface area contributed by atoms with E-state index in [2.05, 4.69) is 16.8 Å². The van der Waals surface area contributed by atoms with Gasteiger partial charge >= 0.3 is 0 Å². The van der Waals surface area contributed by atoms with Gasteiger partial charge < -0.3 is 5.73 Å². The van der Waals surface area contributed by atoms with E-state index >= 15 is 0 Å². The lowest BCUT2D eigenvalue weighted by atomic mass is 10.7. The summed E-state index contributed by atoms with van der Waals surface area (Å²) in [5.74, 6) is 0. The van der Waals surface area contributed by atoms with Crippen molar-refractivity contribution in [2.45, 2.75) is 5.67 Å². The molecule has 5 heavy (non-hydrogen) atoms. The van der Waals surface area contributed by atoms with Gasteiger partial charge in [-0.2, -0.15) is 0 Å². The molecule has 1 unspecified atom stereocenters. The molecule has 0 saturated heterocycles. The molecule has 27 valence electrons. The van der Waals surface area contributed by atoms with Crippen molar-refractivity contribution in [3.05, 3.63) is 12.7 Å². The second-order valence-corrected chi connectivity index (χ2v) is 1.43. The normalized spacial score (nSPS) is 14.0. The summed E-state index contributed by atoms with van der Waals surface area (Å²) in [7, 11) is 3.08. The van der Waals surface area contributed by atoms with Crippen molar-refractivity contribution in [3.63, 3.8) is 0 Å². The molecule has 0 fully saturated rings. The molecular formula is C3H6NSi. The van der Waals surface area contributed by atoms with Crippen molar-refractivity contribution in [2.75, 3.05) is 0 Å². The van der Waals surface area contributed by atoms with Gasteiger partial charge in [0.05, 0.1) is 10.2 Å². The highest BCUT2D eigenvalue weighted by Crippen LogP contribution is 1.60. The molecule has 0 heterocycles. The van der Waals surface area contributed by atoms with Crippen LogP contribution in [0, 0.1) is 0 Å². The van der Waals surface area contributed by atoms with Gasteiger partial charge in [0.1, 0.15) is 0 Å². The van der Waals surface area contributed by atoms with Gasteiger partial charge in [-0.1, -0.05) is 6.08 Å². The Morgan fingerprint density at radius 3 is 2.20 bits per heavy atom. The Hall–Kier alpha value is -0.0831. The van der Waals surface area contributed by atoms with Gasteiger partial charge in [-0.05, 0) is 0 Å². The van der Waals surface area contributed by atoms with Crippen molar-refractivity contribution in [3.8, 4) is 0 Å². The Balaban J connectivity index is 2.83. The summed E-state index contributed by atoms with van der Waals surface area (Å²) in [5, 5.41) is 0. The van der Waals surface area contributed by atoms with Crippen LogP contribution in [0.5, 0.6) is 0 Å². The van der Waals surface area contributed by atoms with Crippen molar-refractivity contribution in [1.82, 2.24) is 0 Å². The number of nitrogens with two attached hydrogens (primary N) is 1. The molecular weight excluding hydrogens is 78.1 g/mol. The van der Waals surface area contributed by atoms with Gasteiger partial charge in [0.25, 0.3) is 0 Å². The highest BCUT2D eigenvalue weighted by Gasteiger charge is 1.74. The monoisotopic (exact) mass is 84.0 g/mol. The third kappa shape index (κ3) is 3.92. The maximum Gasteiger partial charge on any atom is 0.0531 e. The summed E-state index contributed by atoms with van der Waals surface area (Å²) in [6.45, 7) is 3.39. The van der Waals surface area contributed by atoms with Crippen LogP contribution < -0.4 is 5.73 Å². The van der Waals surface area contributed by atoms with E-state index < -0.39 is 0 Å². The predicted molar refractivity (Wildman–Crippen MR) is 23.9 cm³/mol. The predicted octanol–water partition coefficient (Wildman–Crippen LogP) is -0.374. The largest absolute Gasteiger partial charge is 0.328 e. The zero-order valence-corrected chi connectivity index (χ0v) is 3.94. The van der Waals surface area contributed by atoms with Crippen LogP contribution in [0.4, 0.5) is 0 Å². The molecule has 2 heteroatoms. The molecule has 0 bridgehead atoms. The van der Waals surface area contributed by atoms with Crippen molar-refractivity contribution in [1.29, 1.82) is 0 Å². The molecule has 3 radical (unpaired) electrons. The maximum atomic E-state index is 5.09. The summed E-state index contributed by atoms with van der Waals surface area (Å²) in [6, 6.07) is 0. The van der Waals surface area contributed by atoms with Crippen LogP contribution in [0.15, 0.2) is 12.7 Å². The van der Waals surface area contributed by atoms with E-state index in [1.165, 1.54) is 0 Å². The Kier molecular flexibility index (Phi) is 2.14. The topological polar surface area (TPSA) is 26.0 Å². The molecule has 0 rings (SSSR count). The number of rotatable bonds is 1. The van der Waals surface area contributed by atoms with Crippen LogP contribution in [0.25, 0.3) is 0 Å². The molecule has 2 N–H and O–H groups in total. The molecule has 1 nitrogen and oxygen atoms in total. The first-order valence-electron chi connectivity index (χ1n) is 1.36. The summed E-state index contributed by atoms with van der Waals surface area (Å²) in [4.78, 5) is 0. The molecule has 0 aromatic rings. The Morgan fingerprint density at radius 2 is 2.20 bits per heavy atom. The fraction of sp³-hybridized carbons (Fsp3) is 0.333. The zero-order valence-electron chi connectivity index (χ0n) is 2.94. The molecule has 0 saturated carbocycles. The molecule has 0 amide bonds.